The number of rotatable bonds is 3. The molecule has 152 valence electrons. The molecule has 0 unspecified atom stereocenters. The molecule has 1 saturated heterocycles. The molecule has 0 radical (unpaired) electrons. The van der Waals surface area contributed by atoms with Crippen LogP contribution in [-0.2, 0) is 21.0 Å². The van der Waals surface area contributed by atoms with Gasteiger partial charge in [-0.3, -0.25) is 9.59 Å². The average molecular weight is 418 g/mol. The summed E-state index contributed by atoms with van der Waals surface area (Å²) in [4.78, 5) is 29.9. The zero-order valence-corrected chi connectivity index (χ0v) is 17.7. The van der Waals surface area contributed by atoms with Crippen LogP contribution in [0.2, 0.25) is 0 Å². The van der Waals surface area contributed by atoms with E-state index in [4.69, 9.17) is 0 Å². The first-order chi connectivity index (χ1) is 14.5. The van der Waals surface area contributed by atoms with Gasteiger partial charge in [0.1, 0.15) is 0 Å². The number of thioether (sulfide) groups is 1. The number of carbonyl (C=O) groups excluding carboxylic acids is 2. The molecule has 1 atom stereocenters. The fourth-order valence-electron chi connectivity index (χ4n) is 4.70. The van der Waals surface area contributed by atoms with E-state index < -0.39 is 4.87 Å². The molecule has 2 amide bonds. The second kappa shape index (κ2) is 7.17. The first kappa shape index (κ1) is 19.2. The van der Waals surface area contributed by atoms with E-state index in [1.165, 1.54) is 0 Å². The number of hydrogen-bond donors (Lipinski definition) is 0. The van der Waals surface area contributed by atoms with Crippen molar-refractivity contribution in [2.45, 2.75) is 37.6 Å². The van der Waals surface area contributed by atoms with Gasteiger partial charge in [-0.05, 0) is 43.5 Å². The first-order valence-corrected chi connectivity index (χ1v) is 11.4. The van der Waals surface area contributed by atoms with Gasteiger partial charge in [0.05, 0.1) is 23.9 Å². The molecule has 6 heteroatoms. The predicted molar refractivity (Wildman–Crippen MR) is 117 cm³/mol. The third-order valence-electron chi connectivity index (χ3n) is 6.47. The monoisotopic (exact) mass is 417 g/mol. The fraction of sp³-hybridized carbons (Fsp3) is 0.375. The van der Waals surface area contributed by atoms with Crippen LogP contribution in [0.3, 0.4) is 0 Å². The summed E-state index contributed by atoms with van der Waals surface area (Å²) in [5, 5.41) is 9.23. The van der Waals surface area contributed by atoms with Crippen LogP contribution in [0.1, 0.15) is 41.5 Å². The highest BCUT2D eigenvalue weighted by Gasteiger charge is 2.60. The minimum Gasteiger partial charge on any atom is -0.315 e. The molecule has 2 aromatic rings. The minimum absolute atomic E-state index is 0.0411. The van der Waals surface area contributed by atoms with Crippen LogP contribution >= 0.6 is 11.8 Å². The van der Waals surface area contributed by atoms with Crippen molar-refractivity contribution in [1.29, 1.82) is 5.26 Å². The summed E-state index contributed by atoms with van der Waals surface area (Å²) >= 11 is 1.58. The highest BCUT2D eigenvalue weighted by Crippen LogP contribution is 2.55. The Balaban J connectivity index is 1.58. The molecule has 1 saturated carbocycles. The summed E-state index contributed by atoms with van der Waals surface area (Å²) in [6.45, 7) is 3.02. The zero-order valence-electron chi connectivity index (χ0n) is 16.9. The summed E-state index contributed by atoms with van der Waals surface area (Å²) in [6.07, 6.45) is 2.95. The van der Waals surface area contributed by atoms with E-state index in [1.807, 2.05) is 42.2 Å². The Kier molecular flexibility index (Phi) is 4.59. The van der Waals surface area contributed by atoms with Crippen LogP contribution in [0.25, 0.3) is 0 Å². The summed E-state index contributed by atoms with van der Waals surface area (Å²) < 4.78 is 0. The van der Waals surface area contributed by atoms with E-state index >= 15 is 0 Å². The number of carbonyl (C=O) groups is 2. The lowest BCUT2D eigenvalue weighted by Gasteiger charge is -2.37. The summed E-state index contributed by atoms with van der Waals surface area (Å²) in [6, 6.07) is 15.6. The SMILES string of the molecule is Cc1ccc2c(c1)[C@@]1(SCCN1C(=O)C1CCC1)C(=O)N2Cc1cccc(C#N)c1. The molecule has 0 aromatic heterocycles. The Bertz CT molecular complexity index is 1090. The van der Waals surface area contributed by atoms with Crippen molar-refractivity contribution < 1.29 is 9.59 Å². The molecule has 2 aliphatic heterocycles. The van der Waals surface area contributed by atoms with Gasteiger partial charge in [0, 0.05) is 23.8 Å². The van der Waals surface area contributed by atoms with Crippen molar-refractivity contribution in [1.82, 2.24) is 4.90 Å². The van der Waals surface area contributed by atoms with Gasteiger partial charge in [-0.15, -0.1) is 11.8 Å². The van der Waals surface area contributed by atoms with E-state index in [2.05, 4.69) is 12.1 Å². The Hall–Kier alpha value is -2.78. The molecule has 2 heterocycles. The van der Waals surface area contributed by atoms with Gasteiger partial charge in [0.2, 0.25) is 5.91 Å². The maximum Gasteiger partial charge on any atom is 0.268 e. The summed E-state index contributed by atoms with van der Waals surface area (Å²) in [5.41, 5.74) is 4.37. The van der Waals surface area contributed by atoms with Crippen molar-refractivity contribution in [2.24, 2.45) is 5.92 Å². The number of amides is 2. The fourth-order valence-corrected chi connectivity index (χ4v) is 6.16. The second-order valence-electron chi connectivity index (χ2n) is 8.33. The van der Waals surface area contributed by atoms with Crippen molar-refractivity contribution in [3.63, 3.8) is 0 Å². The second-order valence-corrected chi connectivity index (χ2v) is 9.62. The van der Waals surface area contributed by atoms with E-state index in [0.717, 1.165) is 47.4 Å². The van der Waals surface area contributed by atoms with Crippen molar-refractivity contribution >= 4 is 29.3 Å². The third-order valence-corrected chi connectivity index (χ3v) is 7.89. The molecule has 1 aliphatic carbocycles. The molecule has 5 nitrogen and oxygen atoms in total. The highest BCUT2D eigenvalue weighted by atomic mass is 32.2. The molecule has 0 bridgehead atoms. The van der Waals surface area contributed by atoms with Gasteiger partial charge >= 0.3 is 0 Å². The lowest BCUT2D eigenvalue weighted by atomic mass is 9.84. The molecule has 1 spiro atoms. The van der Waals surface area contributed by atoms with Crippen LogP contribution in [0.5, 0.6) is 0 Å². The number of fused-ring (bicyclic) bond motifs is 2. The maximum atomic E-state index is 13.9. The van der Waals surface area contributed by atoms with E-state index in [-0.39, 0.29) is 17.7 Å². The molecule has 3 aliphatic rings. The summed E-state index contributed by atoms with van der Waals surface area (Å²) in [7, 11) is 0. The molecule has 5 rings (SSSR count). The Labute approximate surface area is 180 Å². The Morgan fingerprint density at radius 3 is 2.83 bits per heavy atom. The number of nitrogens with zero attached hydrogens (tertiary/aromatic N) is 3. The molecular weight excluding hydrogens is 394 g/mol. The van der Waals surface area contributed by atoms with Gasteiger partial charge in [-0.2, -0.15) is 5.26 Å². The minimum atomic E-state index is -0.957. The van der Waals surface area contributed by atoms with E-state index in [0.29, 0.717) is 18.7 Å². The quantitative estimate of drug-likeness (QED) is 0.759. The number of benzene rings is 2. The Morgan fingerprint density at radius 2 is 2.10 bits per heavy atom. The molecule has 30 heavy (non-hydrogen) atoms. The standard InChI is InChI=1S/C24H23N3O2S/c1-16-8-9-21-20(12-16)24(27(10-11-30-24)22(28)19-6-3-7-19)23(29)26(21)15-18-5-2-4-17(13-18)14-25/h2,4-5,8-9,12-13,19H,3,6-7,10-11,15H2,1H3/t24-/m1/s1. The van der Waals surface area contributed by atoms with Crippen molar-refractivity contribution in [3.8, 4) is 6.07 Å². The van der Waals surface area contributed by atoms with Crippen molar-refractivity contribution in [2.75, 3.05) is 17.2 Å². The highest BCUT2D eigenvalue weighted by molar-refractivity contribution is 8.01. The van der Waals surface area contributed by atoms with Gasteiger partial charge in [0.15, 0.2) is 4.87 Å². The molecular formula is C24H23N3O2S. The van der Waals surface area contributed by atoms with Gasteiger partial charge in [0.25, 0.3) is 5.91 Å². The maximum absolute atomic E-state index is 13.9. The zero-order chi connectivity index (χ0) is 20.9. The van der Waals surface area contributed by atoms with Crippen LogP contribution in [-0.4, -0.2) is 29.0 Å². The van der Waals surface area contributed by atoms with E-state index in [9.17, 15) is 14.9 Å². The topological polar surface area (TPSA) is 64.4 Å². The van der Waals surface area contributed by atoms with E-state index in [1.54, 1.807) is 22.7 Å². The van der Waals surface area contributed by atoms with Crippen LogP contribution in [0.15, 0.2) is 42.5 Å². The predicted octanol–water partition coefficient (Wildman–Crippen LogP) is 3.94. The van der Waals surface area contributed by atoms with Gasteiger partial charge in [-0.1, -0.05) is 36.2 Å². The first-order valence-electron chi connectivity index (χ1n) is 10.4. The third kappa shape index (κ3) is 2.76. The lowest BCUT2D eigenvalue weighted by Crippen LogP contribution is -2.52. The van der Waals surface area contributed by atoms with Crippen LogP contribution in [0, 0.1) is 24.2 Å². The molecule has 0 N–H and O–H groups in total. The number of hydrogen-bond acceptors (Lipinski definition) is 4. The van der Waals surface area contributed by atoms with Crippen molar-refractivity contribution in [3.05, 3.63) is 64.7 Å². The average Bonchev–Trinajstić information content (AvgIpc) is 3.24. The summed E-state index contributed by atoms with van der Waals surface area (Å²) in [5.74, 6) is 0.902. The van der Waals surface area contributed by atoms with Gasteiger partial charge < -0.3 is 9.80 Å². The van der Waals surface area contributed by atoms with Crippen LogP contribution in [0.4, 0.5) is 5.69 Å². The van der Waals surface area contributed by atoms with Gasteiger partial charge in [-0.25, -0.2) is 0 Å². The number of aryl methyl sites for hydroxylation is 1. The number of anilines is 1. The lowest BCUT2D eigenvalue weighted by molar-refractivity contribution is -0.145. The normalized spacial score (nSPS) is 22.9. The molecule has 2 aromatic carbocycles. The molecule has 2 fully saturated rings. The van der Waals surface area contributed by atoms with Crippen LogP contribution < -0.4 is 4.90 Å². The smallest absolute Gasteiger partial charge is 0.268 e. The Morgan fingerprint density at radius 1 is 1.27 bits per heavy atom. The number of nitriles is 1. The largest absolute Gasteiger partial charge is 0.315 e.